The van der Waals surface area contributed by atoms with Crippen LogP contribution in [0, 0.1) is 0 Å². The second-order valence-electron chi connectivity index (χ2n) is 5.58. The molecule has 0 aliphatic rings. The van der Waals surface area contributed by atoms with Crippen molar-refractivity contribution in [3.63, 3.8) is 0 Å². The van der Waals surface area contributed by atoms with Crippen molar-refractivity contribution in [1.29, 1.82) is 0 Å². The highest BCUT2D eigenvalue weighted by Gasteiger charge is 2.09. The van der Waals surface area contributed by atoms with E-state index in [-0.39, 0.29) is 0 Å². The molecule has 0 atom stereocenters. The van der Waals surface area contributed by atoms with Gasteiger partial charge in [0.05, 0.1) is 19.1 Å². The summed E-state index contributed by atoms with van der Waals surface area (Å²) in [5.41, 5.74) is 2.11. The number of nitrogens with one attached hydrogen (secondary N) is 1. The van der Waals surface area contributed by atoms with Crippen molar-refractivity contribution in [3.8, 4) is 21.9 Å². The van der Waals surface area contributed by atoms with Crippen LogP contribution < -0.4 is 14.8 Å². The van der Waals surface area contributed by atoms with Gasteiger partial charge in [-0.2, -0.15) is 0 Å². The van der Waals surface area contributed by atoms with Crippen molar-refractivity contribution in [2.75, 3.05) is 20.8 Å². The molecule has 0 unspecified atom stereocenters. The summed E-state index contributed by atoms with van der Waals surface area (Å²) in [4.78, 5) is 9.60. The predicted octanol–water partition coefficient (Wildman–Crippen LogP) is 4.21. The first kappa shape index (κ1) is 18.6. The molecule has 3 rings (SSSR count). The van der Waals surface area contributed by atoms with E-state index in [1.54, 1.807) is 31.8 Å². The largest absolute Gasteiger partial charge is 0.493 e. The van der Waals surface area contributed by atoms with Gasteiger partial charge >= 0.3 is 0 Å². The zero-order chi connectivity index (χ0) is 18.4. The maximum atomic E-state index is 6.14. The molecule has 0 saturated carbocycles. The van der Waals surface area contributed by atoms with Crippen LogP contribution in [-0.4, -0.2) is 30.7 Å². The zero-order valence-electron chi connectivity index (χ0n) is 14.7. The Morgan fingerprint density at radius 1 is 1.12 bits per heavy atom. The molecule has 136 valence electrons. The second-order valence-corrected chi connectivity index (χ2v) is 7.05. The summed E-state index contributed by atoms with van der Waals surface area (Å²) in [7, 11) is 3.29. The molecule has 0 spiro atoms. The third kappa shape index (κ3) is 4.52. The van der Waals surface area contributed by atoms with Gasteiger partial charge in [-0.05, 0) is 42.8 Å². The van der Waals surface area contributed by atoms with Gasteiger partial charge in [0.25, 0.3) is 0 Å². The quantitative estimate of drug-likeness (QED) is 0.462. The SMILES string of the molecule is COc1ccc(CCNCc2ncc(-c3cccnc3Cl)s2)cc1OC. The van der Waals surface area contributed by atoms with E-state index in [2.05, 4.69) is 21.4 Å². The smallest absolute Gasteiger partial charge is 0.160 e. The normalized spacial score (nSPS) is 10.7. The fourth-order valence-electron chi connectivity index (χ4n) is 2.55. The fourth-order valence-corrected chi connectivity index (χ4v) is 3.74. The number of halogens is 1. The molecule has 0 bridgehead atoms. The molecule has 0 aliphatic carbocycles. The Morgan fingerprint density at radius 2 is 1.96 bits per heavy atom. The number of hydrogen-bond donors (Lipinski definition) is 1. The number of nitrogens with zero attached hydrogens (tertiary/aromatic N) is 2. The Hall–Kier alpha value is -2.15. The van der Waals surface area contributed by atoms with Crippen molar-refractivity contribution < 1.29 is 9.47 Å². The first-order valence-corrected chi connectivity index (χ1v) is 9.38. The van der Waals surface area contributed by atoms with E-state index in [4.69, 9.17) is 21.1 Å². The standard InChI is InChI=1S/C19H20ClN3O2S/c1-24-15-6-5-13(10-16(15)25-2)7-9-21-12-18-23-11-17(26-18)14-4-3-8-22-19(14)20/h3-6,8,10-11,21H,7,9,12H2,1-2H3. The Kier molecular flexibility index (Phi) is 6.44. The molecule has 0 amide bonds. The summed E-state index contributed by atoms with van der Waals surface area (Å²) in [5.74, 6) is 1.50. The number of pyridine rings is 1. The summed E-state index contributed by atoms with van der Waals surface area (Å²) in [6.45, 7) is 1.56. The summed E-state index contributed by atoms with van der Waals surface area (Å²) in [5, 5.41) is 4.95. The maximum Gasteiger partial charge on any atom is 0.160 e. The highest BCUT2D eigenvalue weighted by atomic mass is 35.5. The van der Waals surface area contributed by atoms with Crippen LogP contribution in [0.4, 0.5) is 0 Å². The van der Waals surface area contributed by atoms with Crippen LogP contribution in [0.1, 0.15) is 10.6 Å². The first-order chi connectivity index (χ1) is 12.7. The number of thiazole rings is 1. The topological polar surface area (TPSA) is 56.3 Å². The highest BCUT2D eigenvalue weighted by molar-refractivity contribution is 7.15. The van der Waals surface area contributed by atoms with E-state index in [0.717, 1.165) is 46.5 Å². The minimum absolute atomic E-state index is 0.504. The molecule has 0 aliphatic heterocycles. The van der Waals surface area contributed by atoms with Gasteiger partial charge in [0.2, 0.25) is 0 Å². The van der Waals surface area contributed by atoms with Gasteiger partial charge in [-0.3, -0.25) is 0 Å². The number of benzene rings is 1. The van der Waals surface area contributed by atoms with Gasteiger partial charge in [0, 0.05) is 24.5 Å². The summed E-state index contributed by atoms with van der Waals surface area (Å²) in [6.07, 6.45) is 4.43. The first-order valence-electron chi connectivity index (χ1n) is 8.18. The number of methoxy groups -OCH3 is 2. The maximum absolute atomic E-state index is 6.14. The molecule has 0 radical (unpaired) electrons. The molecule has 0 fully saturated rings. The molecule has 2 aromatic heterocycles. The molecular formula is C19H20ClN3O2S. The van der Waals surface area contributed by atoms with Crippen LogP contribution in [-0.2, 0) is 13.0 Å². The molecule has 2 heterocycles. The minimum atomic E-state index is 0.504. The van der Waals surface area contributed by atoms with Gasteiger partial charge in [-0.15, -0.1) is 11.3 Å². The van der Waals surface area contributed by atoms with Gasteiger partial charge in [0.1, 0.15) is 10.2 Å². The van der Waals surface area contributed by atoms with Crippen LogP contribution in [0.25, 0.3) is 10.4 Å². The van der Waals surface area contributed by atoms with E-state index < -0.39 is 0 Å². The Bertz CT molecular complexity index is 869. The fraction of sp³-hybridized carbons (Fsp3) is 0.263. The molecule has 26 heavy (non-hydrogen) atoms. The van der Waals surface area contributed by atoms with Gasteiger partial charge < -0.3 is 14.8 Å². The van der Waals surface area contributed by atoms with Crippen molar-refractivity contribution in [3.05, 3.63) is 58.4 Å². The van der Waals surface area contributed by atoms with Crippen LogP contribution in [0.2, 0.25) is 5.15 Å². The van der Waals surface area contributed by atoms with E-state index in [0.29, 0.717) is 5.15 Å². The van der Waals surface area contributed by atoms with Gasteiger partial charge in [-0.1, -0.05) is 17.7 Å². The number of ether oxygens (including phenoxy) is 2. The molecular weight excluding hydrogens is 370 g/mol. The average Bonchev–Trinajstić information content (AvgIpc) is 3.14. The lowest BCUT2D eigenvalue weighted by molar-refractivity contribution is 0.354. The molecule has 1 aromatic carbocycles. The molecule has 1 N–H and O–H groups in total. The van der Waals surface area contributed by atoms with Crippen molar-refractivity contribution in [2.45, 2.75) is 13.0 Å². The van der Waals surface area contributed by atoms with Crippen LogP contribution in [0.3, 0.4) is 0 Å². The summed E-state index contributed by atoms with van der Waals surface area (Å²) < 4.78 is 10.6. The zero-order valence-corrected chi connectivity index (χ0v) is 16.2. The van der Waals surface area contributed by atoms with Crippen LogP contribution in [0.15, 0.2) is 42.7 Å². The lowest BCUT2D eigenvalue weighted by atomic mass is 10.1. The summed E-state index contributed by atoms with van der Waals surface area (Å²) >= 11 is 7.76. The Labute approximate surface area is 162 Å². The van der Waals surface area contributed by atoms with E-state index in [9.17, 15) is 0 Å². The lowest BCUT2D eigenvalue weighted by Crippen LogP contribution is -2.16. The lowest BCUT2D eigenvalue weighted by Gasteiger charge is -2.09. The molecule has 5 nitrogen and oxygen atoms in total. The van der Waals surface area contributed by atoms with Crippen molar-refractivity contribution >= 4 is 22.9 Å². The molecule has 3 aromatic rings. The monoisotopic (exact) mass is 389 g/mol. The molecule has 0 saturated heterocycles. The third-order valence-corrected chi connectivity index (χ3v) is 5.22. The minimum Gasteiger partial charge on any atom is -0.493 e. The molecule has 7 heteroatoms. The van der Waals surface area contributed by atoms with E-state index in [1.807, 2.05) is 30.5 Å². The third-order valence-electron chi connectivity index (χ3n) is 3.89. The number of aromatic nitrogens is 2. The van der Waals surface area contributed by atoms with Crippen molar-refractivity contribution in [1.82, 2.24) is 15.3 Å². The predicted molar refractivity (Wildman–Crippen MR) is 105 cm³/mol. The van der Waals surface area contributed by atoms with Gasteiger partial charge in [0.15, 0.2) is 11.5 Å². The van der Waals surface area contributed by atoms with E-state index >= 15 is 0 Å². The van der Waals surface area contributed by atoms with Crippen LogP contribution >= 0.6 is 22.9 Å². The number of rotatable bonds is 8. The highest BCUT2D eigenvalue weighted by Crippen LogP contribution is 2.30. The van der Waals surface area contributed by atoms with Gasteiger partial charge in [-0.25, -0.2) is 9.97 Å². The Morgan fingerprint density at radius 3 is 2.73 bits per heavy atom. The average molecular weight is 390 g/mol. The second kappa shape index (κ2) is 8.98. The van der Waals surface area contributed by atoms with E-state index in [1.165, 1.54) is 5.56 Å². The summed E-state index contributed by atoms with van der Waals surface area (Å²) in [6, 6.07) is 9.82. The van der Waals surface area contributed by atoms with Crippen LogP contribution in [0.5, 0.6) is 11.5 Å². The number of hydrogen-bond acceptors (Lipinski definition) is 6. The van der Waals surface area contributed by atoms with Crippen molar-refractivity contribution in [2.24, 2.45) is 0 Å². The Balaban J connectivity index is 1.52.